The van der Waals surface area contributed by atoms with Crippen molar-refractivity contribution in [3.8, 4) is 5.75 Å². The Labute approximate surface area is 182 Å². The molecule has 7 heteroatoms. The van der Waals surface area contributed by atoms with Crippen LogP contribution in [0, 0.1) is 0 Å². The van der Waals surface area contributed by atoms with E-state index in [1.54, 1.807) is 31.4 Å². The second kappa shape index (κ2) is 9.20. The van der Waals surface area contributed by atoms with E-state index in [0.717, 1.165) is 37.5 Å². The standard InChI is InChI=1S/C24H27N3O4/c1-31-19-11-9-18(10-12-19)25-13-5-14-26(17-16-25)22(28)8-4-15-27-23(29)20-6-2-3-7-21(20)24(27)30/h2-3,6-7,9-12H,4-5,8,13-17H2,1H3. The Morgan fingerprint density at radius 1 is 0.903 bits per heavy atom. The third kappa shape index (κ3) is 4.40. The SMILES string of the molecule is COc1ccc(N2CCCN(C(=O)CCCN3C(=O)c4ccccc4C3=O)CC2)cc1. The maximum absolute atomic E-state index is 12.7. The lowest BCUT2D eigenvalue weighted by Crippen LogP contribution is -2.36. The summed E-state index contributed by atoms with van der Waals surface area (Å²) in [6.45, 7) is 3.32. The van der Waals surface area contributed by atoms with Gasteiger partial charge in [0.15, 0.2) is 0 Å². The average molecular weight is 421 g/mol. The van der Waals surface area contributed by atoms with Crippen LogP contribution in [-0.2, 0) is 4.79 Å². The molecule has 2 heterocycles. The third-order valence-corrected chi connectivity index (χ3v) is 5.94. The maximum Gasteiger partial charge on any atom is 0.261 e. The largest absolute Gasteiger partial charge is 0.497 e. The van der Waals surface area contributed by atoms with Gasteiger partial charge in [-0.25, -0.2) is 0 Å². The van der Waals surface area contributed by atoms with Crippen LogP contribution in [0.5, 0.6) is 5.75 Å². The molecule has 0 atom stereocenters. The summed E-state index contributed by atoms with van der Waals surface area (Å²) in [5, 5.41) is 0. The first-order valence-corrected chi connectivity index (χ1v) is 10.7. The minimum atomic E-state index is -0.266. The Morgan fingerprint density at radius 2 is 1.58 bits per heavy atom. The highest BCUT2D eigenvalue weighted by atomic mass is 16.5. The van der Waals surface area contributed by atoms with Crippen molar-refractivity contribution in [3.05, 3.63) is 59.7 Å². The Morgan fingerprint density at radius 3 is 2.23 bits per heavy atom. The van der Waals surface area contributed by atoms with Gasteiger partial charge in [0.2, 0.25) is 5.91 Å². The van der Waals surface area contributed by atoms with Crippen molar-refractivity contribution < 1.29 is 19.1 Å². The van der Waals surface area contributed by atoms with E-state index in [0.29, 0.717) is 30.5 Å². The van der Waals surface area contributed by atoms with Gasteiger partial charge in [0.25, 0.3) is 11.8 Å². The van der Waals surface area contributed by atoms with Crippen molar-refractivity contribution in [1.29, 1.82) is 0 Å². The van der Waals surface area contributed by atoms with E-state index in [9.17, 15) is 14.4 Å². The van der Waals surface area contributed by atoms with Gasteiger partial charge in [0.1, 0.15) is 5.75 Å². The minimum Gasteiger partial charge on any atom is -0.497 e. The smallest absolute Gasteiger partial charge is 0.261 e. The number of ether oxygens (including phenoxy) is 1. The number of carbonyl (C=O) groups excluding carboxylic acids is 3. The molecule has 0 bridgehead atoms. The van der Waals surface area contributed by atoms with Crippen molar-refractivity contribution in [1.82, 2.24) is 9.80 Å². The molecule has 7 nitrogen and oxygen atoms in total. The topological polar surface area (TPSA) is 70.2 Å². The van der Waals surface area contributed by atoms with Gasteiger partial charge in [-0.1, -0.05) is 12.1 Å². The first-order chi connectivity index (χ1) is 15.1. The summed E-state index contributed by atoms with van der Waals surface area (Å²) < 4.78 is 5.22. The molecule has 0 spiro atoms. The van der Waals surface area contributed by atoms with Gasteiger partial charge in [-0.3, -0.25) is 19.3 Å². The number of nitrogens with zero attached hydrogens (tertiary/aromatic N) is 3. The second-order valence-corrected chi connectivity index (χ2v) is 7.83. The van der Waals surface area contributed by atoms with E-state index in [1.807, 2.05) is 29.2 Å². The molecular formula is C24H27N3O4. The highest BCUT2D eigenvalue weighted by Gasteiger charge is 2.34. The second-order valence-electron chi connectivity index (χ2n) is 7.83. The molecule has 1 saturated heterocycles. The van der Waals surface area contributed by atoms with Crippen LogP contribution in [-0.4, -0.2) is 67.4 Å². The van der Waals surface area contributed by atoms with Crippen LogP contribution in [0.1, 0.15) is 40.0 Å². The highest BCUT2D eigenvalue weighted by Crippen LogP contribution is 2.23. The molecule has 162 valence electrons. The number of methoxy groups -OCH3 is 1. The zero-order valence-corrected chi connectivity index (χ0v) is 17.8. The number of amides is 3. The quantitative estimate of drug-likeness (QED) is 0.671. The molecule has 2 aromatic rings. The molecule has 2 aromatic carbocycles. The number of anilines is 1. The fraction of sp³-hybridized carbons (Fsp3) is 0.375. The van der Waals surface area contributed by atoms with Gasteiger partial charge in [0, 0.05) is 44.8 Å². The van der Waals surface area contributed by atoms with Gasteiger partial charge >= 0.3 is 0 Å². The van der Waals surface area contributed by atoms with E-state index >= 15 is 0 Å². The normalized spacial score (nSPS) is 16.4. The summed E-state index contributed by atoms with van der Waals surface area (Å²) in [7, 11) is 1.65. The Bertz CT molecular complexity index is 938. The Balaban J connectivity index is 1.27. The zero-order valence-electron chi connectivity index (χ0n) is 17.8. The van der Waals surface area contributed by atoms with Gasteiger partial charge in [-0.2, -0.15) is 0 Å². The first-order valence-electron chi connectivity index (χ1n) is 10.7. The Hall–Kier alpha value is -3.35. The van der Waals surface area contributed by atoms with Crippen molar-refractivity contribution in [2.45, 2.75) is 19.3 Å². The molecule has 0 N–H and O–H groups in total. The number of carbonyl (C=O) groups is 3. The predicted molar refractivity (Wildman–Crippen MR) is 117 cm³/mol. The zero-order chi connectivity index (χ0) is 21.8. The highest BCUT2D eigenvalue weighted by molar-refractivity contribution is 6.21. The van der Waals surface area contributed by atoms with Gasteiger partial charge in [0.05, 0.1) is 18.2 Å². The number of rotatable bonds is 6. The van der Waals surface area contributed by atoms with Crippen LogP contribution in [0.3, 0.4) is 0 Å². The van der Waals surface area contributed by atoms with E-state index in [4.69, 9.17) is 4.74 Å². The van der Waals surface area contributed by atoms with E-state index in [1.165, 1.54) is 4.90 Å². The van der Waals surface area contributed by atoms with Gasteiger partial charge < -0.3 is 14.5 Å². The monoisotopic (exact) mass is 421 g/mol. The minimum absolute atomic E-state index is 0.0770. The summed E-state index contributed by atoms with van der Waals surface area (Å²) in [6.07, 6.45) is 1.70. The molecule has 1 fully saturated rings. The van der Waals surface area contributed by atoms with Crippen LogP contribution < -0.4 is 9.64 Å². The average Bonchev–Trinajstić information content (AvgIpc) is 2.97. The van der Waals surface area contributed by atoms with Gasteiger partial charge in [-0.15, -0.1) is 0 Å². The lowest BCUT2D eigenvalue weighted by molar-refractivity contribution is -0.131. The fourth-order valence-electron chi connectivity index (χ4n) is 4.21. The molecular weight excluding hydrogens is 394 g/mol. The summed E-state index contributed by atoms with van der Waals surface area (Å²) >= 11 is 0. The summed E-state index contributed by atoms with van der Waals surface area (Å²) in [6, 6.07) is 14.8. The summed E-state index contributed by atoms with van der Waals surface area (Å²) in [5.74, 6) is 0.373. The molecule has 3 amide bonds. The van der Waals surface area contributed by atoms with Crippen molar-refractivity contribution in [3.63, 3.8) is 0 Å². The number of imide groups is 1. The van der Waals surface area contributed by atoms with Crippen LogP contribution in [0.2, 0.25) is 0 Å². The van der Waals surface area contributed by atoms with E-state index in [-0.39, 0.29) is 24.3 Å². The Kier molecular flexibility index (Phi) is 6.21. The molecule has 4 rings (SSSR count). The van der Waals surface area contributed by atoms with Crippen molar-refractivity contribution in [2.75, 3.05) is 44.7 Å². The molecule has 0 aliphatic carbocycles. The molecule has 0 unspecified atom stereocenters. The molecule has 0 aromatic heterocycles. The van der Waals surface area contributed by atoms with E-state index < -0.39 is 0 Å². The molecule has 2 aliphatic rings. The van der Waals surface area contributed by atoms with E-state index in [2.05, 4.69) is 4.90 Å². The number of benzene rings is 2. The lowest BCUT2D eigenvalue weighted by atomic mass is 10.1. The maximum atomic E-state index is 12.7. The summed E-state index contributed by atoms with van der Waals surface area (Å²) in [5.41, 5.74) is 2.02. The molecule has 0 radical (unpaired) electrons. The van der Waals surface area contributed by atoms with Crippen LogP contribution in [0.4, 0.5) is 5.69 Å². The lowest BCUT2D eigenvalue weighted by Gasteiger charge is -2.24. The van der Waals surface area contributed by atoms with Crippen molar-refractivity contribution >= 4 is 23.4 Å². The fourth-order valence-corrected chi connectivity index (χ4v) is 4.21. The van der Waals surface area contributed by atoms with Crippen LogP contribution >= 0.6 is 0 Å². The number of hydrogen-bond donors (Lipinski definition) is 0. The molecule has 0 saturated carbocycles. The summed E-state index contributed by atoms with van der Waals surface area (Å²) in [4.78, 5) is 43.0. The van der Waals surface area contributed by atoms with Crippen LogP contribution in [0.15, 0.2) is 48.5 Å². The van der Waals surface area contributed by atoms with Crippen LogP contribution in [0.25, 0.3) is 0 Å². The van der Waals surface area contributed by atoms with Gasteiger partial charge in [-0.05, 0) is 49.2 Å². The third-order valence-electron chi connectivity index (χ3n) is 5.94. The molecule has 31 heavy (non-hydrogen) atoms. The molecule has 2 aliphatic heterocycles. The number of hydrogen-bond acceptors (Lipinski definition) is 5. The first kappa shape index (κ1) is 20.9. The number of fused-ring (bicyclic) bond motifs is 1. The van der Waals surface area contributed by atoms with Crippen molar-refractivity contribution in [2.24, 2.45) is 0 Å². The predicted octanol–water partition coefficient (Wildman–Crippen LogP) is 2.81.